The fraction of sp³-hybridized carbons (Fsp3) is 0.348. The molecule has 0 bridgehead atoms. The Morgan fingerprint density at radius 2 is 1.83 bits per heavy atom. The van der Waals surface area contributed by atoms with E-state index in [9.17, 15) is 14.4 Å². The van der Waals surface area contributed by atoms with E-state index in [1.165, 1.54) is 0 Å². The van der Waals surface area contributed by atoms with Gasteiger partial charge < -0.3 is 15.1 Å². The highest BCUT2D eigenvalue weighted by molar-refractivity contribution is 6.00. The summed E-state index contributed by atoms with van der Waals surface area (Å²) in [6.45, 7) is 2.91. The second-order valence-corrected chi connectivity index (χ2v) is 7.36. The lowest BCUT2D eigenvalue weighted by molar-refractivity contribution is -0.135. The van der Waals surface area contributed by atoms with E-state index in [1.54, 1.807) is 36.0 Å². The van der Waals surface area contributed by atoms with Crippen LogP contribution in [0.3, 0.4) is 0 Å². The number of benzene rings is 2. The number of nitrogens with one attached hydrogen (secondary N) is 1. The number of aryl methyl sites for hydroxylation is 1. The summed E-state index contributed by atoms with van der Waals surface area (Å²) >= 11 is 0. The molecular formula is C23H27N3O3. The van der Waals surface area contributed by atoms with Gasteiger partial charge in [-0.15, -0.1) is 0 Å². The Bertz CT molecular complexity index is 908. The van der Waals surface area contributed by atoms with Crippen LogP contribution in [-0.4, -0.2) is 43.3 Å². The minimum atomic E-state index is -0.345. The van der Waals surface area contributed by atoms with E-state index >= 15 is 0 Å². The molecule has 1 heterocycles. The molecule has 29 heavy (non-hydrogen) atoms. The maximum absolute atomic E-state index is 12.9. The highest BCUT2D eigenvalue weighted by atomic mass is 16.2. The van der Waals surface area contributed by atoms with Gasteiger partial charge in [0.05, 0.1) is 5.92 Å². The van der Waals surface area contributed by atoms with Crippen molar-refractivity contribution < 1.29 is 14.4 Å². The Morgan fingerprint density at radius 3 is 2.48 bits per heavy atom. The number of hydrogen-bond acceptors (Lipinski definition) is 3. The van der Waals surface area contributed by atoms with E-state index in [-0.39, 0.29) is 30.1 Å². The van der Waals surface area contributed by atoms with Gasteiger partial charge in [-0.25, -0.2) is 0 Å². The van der Waals surface area contributed by atoms with E-state index in [4.69, 9.17) is 0 Å². The molecule has 1 aliphatic rings. The normalized spacial score (nSPS) is 16.0. The number of nitrogens with zero attached hydrogens (tertiary/aromatic N) is 2. The highest BCUT2D eigenvalue weighted by Gasteiger charge is 2.37. The van der Waals surface area contributed by atoms with Crippen LogP contribution in [0, 0.1) is 5.92 Å². The summed E-state index contributed by atoms with van der Waals surface area (Å²) in [5.74, 6) is -0.529. The first-order chi connectivity index (χ1) is 13.9. The van der Waals surface area contributed by atoms with Gasteiger partial charge in [-0.05, 0) is 35.7 Å². The van der Waals surface area contributed by atoms with Gasteiger partial charge in [0.1, 0.15) is 0 Å². The zero-order chi connectivity index (χ0) is 21.0. The van der Waals surface area contributed by atoms with Crippen molar-refractivity contribution in [3.63, 3.8) is 0 Å². The largest absolute Gasteiger partial charge is 0.355 e. The molecule has 0 unspecified atom stereocenters. The summed E-state index contributed by atoms with van der Waals surface area (Å²) in [5.41, 5.74) is 3.53. The molecule has 0 spiro atoms. The molecule has 6 nitrogen and oxygen atoms in total. The van der Waals surface area contributed by atoms with E-state index < -0.39 is 0 Å². The van der Waals surface area contributed by atoms with Crippen LogP contribution in [0.25, 0.3) is 0 Å². The van der Waals surface area contributed by atoms with Gasteiger partial charge in [0.2, 0.25) is 11.8 Å². The molecule has 2 aromatic carbocycles. The van der Waals surface area contributed by atoms with Crippen LogP contribution < -0.4 is 10.2 Å². The zero-order valence-electron chi connectivity index (χ0n) is 17.1. The number of carbonyl (C=O) groups excluding carboxylic acids is 3. The highest BCUT2D eigenvalue weighted by Crippen LogP contribution is 2.29. The van der Waals surface area contributed by atoms with E-state index in [1.807, 2.05) is 36.4 Å². The number of rotatable bonds is 6. The quantitative estimate of drug-likeness (QED) is 0.820. The summed E-state index contributed by atoms with van der Waals surface area (Å²) in [6, 6.07) is 15.0. The van der Waals surface area contributed by atoms with Crippen LogP contribution in [0.2, 0.25) is 0 Å². The van der Waals surface area contributed by atoms with Gasteiger partial charge >= 0.3 is 0 Å². The van der Waals surface area contributed by atoms with Crippen molar-refractivity contribution in [1.29, 1.82) is 0 Å². The van der Waals surface area contributed by atoms with Gasteiger partial charge in [0, 0.05) is 44.9 Å². The lowest BCUT2D eigenvalue weighted by Crippen LogP contribution is -2.34. The molecule has 6 heteroatoms. The van der Waals surface area contributed by atoms with Crippen LogP contribution in [0.4, 0.5) is 5.69 Å². The summed E-state index contributed by atoms with van der Waals surface area (Å²) < 4.78 is 0. The Morgan fingerprint density at radius 1 is 1.14 bits per heavy atom. The third kappa shape index (κ3) is 4.47. The molecule has 1 aliphatic heterocycles. The van der Waals surface area contributed by atoms with Gasteiger partial charge in [-0.2, -0.15) is 0 Å². The lowest BCUT2D eigenvalue weighted by atomic mass is 10.1. The van der Waals surface area contributed by atoms with Gasteiger partial charge in [-0.3, -0.25) is 14.4 Å². The second-order valence-electron chi connectivity index (χ2n) is 7.36. The third-order valence-corrected chi connectivity index (χ3v) is 5.38. The van der Waals surface area contributed by atoms with Crippen molar-refractivity contribution in [2.24, 2.45) is 5.92 Å². The molecule has 1 fully saturated rings. The molecule has 1 atom stereocenters. The van der Waals surface area contributed by atoms with Crippen LogP contribution in [0.1, 0.15) is 34.8 Å². The molecule has 3 rings (SSSR count). The Hall–Kier alpha value is -3.15. The first-order valence-corrected chi connectivity index (χ1v) is 9.88. The Balaban J connectivity index is 1.66. The number of hydrogen-bond donors (Lipinski definition) is 1. The standard InChI is InChI=1S/C23H27N3O3/c1-4-17-7-5-6-8-20(17)26-15-19(13-21(26)27)23(29)25(3)14-16-9-11-18(12-10-16)22(28)24-2/h5-12,19H,4,13-15H2,1-3H3,(H,24,28)/t19-/m0/s1. The van der Waals surface area contributed by atoms with Crippen LogP contribution >= 0.6 is 0 Å². The summed E-state index contributed by atoms with van der Waals surface area (Å²) in [4.78, 5) is 40.6. The monoisotopic (exact) mass is 393 g/mol. The minimum absolute atomic E-state index is 0.00687. The average molecular weight is 393 g/mol. The third-order valence-electron chi connectivity index (χ3n) is 5.38. The van der Waals surface area contributed by atoms with Crippen molar-refractivity contribution in [2.45, 2.75) is 26.3 Å². The molecule has 0 radical (unpaired) electrons. The summed E-state index contributed by atoms with van der Waals surface area (Å²) in [5, 5.41) is 2.59. The van der Waals surface area contributed by atoms with Crippen molar-refractivity contribution in [1.82, 2.24) is 10.2 Å². The number of anilines is 1. The van der Waals surface area contributed by atoms with E-state index in [0.29, 0.717) is 18.7 Å². The van der Waals surface area contributed by atoms with Crippen LogP contribution in [0.15, 0.2) is 48.5 Å². The van der Waals surface area contributed by atoms with Crippen LogP contribution in [-0.2, 0) is 22.6 Å². The summed E-state index contributed by atoms with van der Waals surface area (Å²) in [6.07, 6.45) is 1.07. The average Bonchev–Trinajstić information content (AvgIpc) is 3.14. The van der Waals surface area contributed by atoms with Crippen molar-refractivity contribution in [3.05, 3.63) is 65.2 Å². The fourth-order valence-corrected chi connectivity index (χ4v) is 3.75. The molecule has 0 aromatic heterocycles. The topological polar surface area (TPSA) is 69.7 Å². The fourth-order valence-electron chi connectivity index (χ4n) is 3.75. The van der Waals surface area contributed by atoms with Gasteiger partial charge in [0.25, 0.3) is 5.91 Å². The van der Waals surface area contributed by atoms with Crippen LogP contribution in [0.5, 0.6) is 0 Å². The zero-order valence-corrected chi connectivity index (χ0v) is 17.1. The first-order valence-electron chi connectivity index (χ1n) is 9.88. The Labute approximate surface area is 171 Å². The maximum Gasteiger partial charge on any atom is 0.251 e. The first kappa shape index (κ1) is 20.6. The van der Waals surface area contributed by atoms with Gasteiger partial charge in [0.15, 0.2) is 0 Å². The molecular weight excluding hydrogens is 366 g/mol. The predicted molar refractivity (Wildman–Crippen MR) is 113 cm³/mol. The molecule has 0 aliphatic carbocycles. The lowest BCUT2D eigenvalue weighted by Gasteiger charge is -2.22. The van der Waals surface area contributed by atoms with Gasteiger partial charge in [-0.1, -0.05) is 37.3 Å². The summed E-state index contributed by atoms with van der Waals surface area (Å²) in [7, 11) is 3.34. The molecule has 1 saturated heterocycles. The number of carbonyl (C=O) groups is 3. The molecule has 3 amide bonds. The van der Waals surface area contributed by atoms with E-state index in [2.05, 4.69) is 12.2 Å². The Kier molecular flexibility index (Phi) is 6.32. The SMILES string of the molecule is CCc1ccccc1N1C[C@@H](C(=O)N(C)Cc2ccc(C(=O)NC)cc2)CC1=O. The van der Waals surface area contributed by atoms with Crippen molar-refractivity contribution in [2.75, 3.05) is 25.5 Å². The smallest absolute Gasteiger partial charge is 0.251 e. The van der Waals surface area contributed by atoms with Crippen molar-refractivity contribution >= 4 is 23.4 Å². The molecule has 152 valence electrons. The molecule has 0 saturated carbocycles. The predicted octanol–water partition coefficient (Wildman–Crippen LogP) is 2.62. The number of amides is 3. The van der Waals surface area contributed by atoms with Crippen molar-refractivity contribution in [3.8, 4) is 0 Å². The second kappa shape index (κ2) is 8.90. The minimum Gasteiger partial charge on any atom is -0.355 e. The number of para-hydroxylation sites is 1. The molecule has 1 N–H and O–H groups in total. The maximum atomic E-state index is 12.9. The molecule has 2 aromatic rings. The van der Waals surface area contributed by atoms with E-state index in [0.717, 1.165) is 23.2 Å².